The summed E-state index contributed by atoms with van der Waals surface area (Å²) in [4.78, 5) is 24.9. The summed E-state index contributed by atoms with van der Waals surface area (Å²) >= 11 is 0. The van der Waals surface area contributed by atoms with E-state index in [-0.39, 0.29) is 16.5 Å². The average molecular weight is 404 g/mol. The number of hydrogen-bond donors (Lipinski definition) is 1. The first-order valence-corrected chi connectivity index (χ1v) is 10.9. The molecule has 0 aliphatic rings. The van der Waals surface area contributed by atoms with Crippen molar-refractivity contribution in [3.8, 4) is 0 Å². The predicted molar refractivity (Wildman–Crippen MR) is 108 cm³/mol. The van der Waals surface area contributed by atoms with Crippen LogP contribution in [0.2, 0.25) is 0 Å². The average Bonchev–Trinajstić information content (AvgIpc) is 2.67. The van der Waals surface area contributed by atoms with Gasteiger partial charge in [0.2, 0.25) is 0 Å². The number of carbonyl (C=O) groups excluding carboxylic acids is 2. The number of nitrogens with one attached hydrogen (secondary N) is 1. The second-order valence-electron chi connectivity index (χ2n) is 6.70. The summed E-state index contributed by atoms with van der Waals surface area (Å²) in [5.41, 5.74) is 0.997. The number of sulfone groups is 1. The molecule has 0 aliphatic carbocycles. The largest absolute Gasteiger partial charge is 0.455 e. The molecule has 0 radical (unpaired) electrons. The highest BCUT2D eigenvalue weighted by molar-refractivity contribution is 7.90. The smallest absolute Gasteiger partial charge is 0.314 e. The Bertz CT molecular complexity index is 925. The third kappa shape index (κ3) is 5.66. The first-order valence-electron chi connectivity index (χ1n) is 9.04. The van der Waals surface area contributed by atoms with Crippen molar-refractivity contribution in [2.45, 2.75) is 31.1 Å². The summed E-state index contributed by atoms with van der Waals surface area (Å²) in [6, 6.07) is 15.4. The van der Waals surface area contributed by atoms with Gasteiger partial charge in [-0.25, -0.2) is 8.42 Å². The standard InChI is InChI=1S/C21H25NO5S/c1-4-15(2)20(16-10-6-5-7-11-16)21(24)27-14-19(23)22-17-12-8-9-13-18(17)28(3,25)26/h5-13,15,20H,4,14H2,1-3H3,(H,22,23)/t15-,20+/m0/s1. The number of carbonyl (C=O) groups is 2. The summed E-state index contributed by atoms with van der Waals surface area (Å²) in [5.74, 6) is -1.50. The normalized spacial score (nSPS) is 13.4. The lowest BCUT2D eigenvalue weighted by atomic mass is 9.86. The molecule has 0 aromatic heterocycles. The Labute approximate surface area is 165 Å². The van der Waals surface area contributed by atoms with E-state index in [9.17, 15) is 18.0 Å². The van der Waals surface area contributed by atoms with Gasteiger partial charge in [0.25, 0.3) is 5.91 Å². The number of anilines is 1. The molecular formula is C21H25NO5S. The van der Waals surface area contributed by atoms with E-state index in [0.717, 1.165) is 18.2 Å². The van der Waals surface area contributed by atoms with E-state index in [1.54, 1.807) is 12.1 Å². The van der Waals surface area contributed by atoms with Crippen molar-refractivity contribution in [1.82, 2.24) is 0 Å². The van der Waals surface area contributed by atoms with Gasteiger partial charge in [-0.3, -0.25) is 9.59 Å². The third-order valence-corrected chi connectivity index (χ3v) is 5.69. The van der Waals surface area contributed by atoms with E-state index in [1.165, 1.54) is 12.1 Å². The van der Waals surface area contributed by atoms with Gasteiger partial charge in [-0.05, 0) is 23.6 Å². The highest BCUT2D eigenvalue weighted by Gasteiger charge is 2.28. The van der Waals surface area contributed by atoms with Gasteiger partial charge in [-0.15, -0.1) is 0 Å². The van der Waals surface area contributed by atoms with Gasteiger partial charge in [0.1, 0.15) is 0 Å². The molecule has 0 bridgehead atoms. The van der Waals surface area contributed by atoms with Crippen molar-refractivity contribution >= 4 is 27.4 Å². The lowest BCUT2D eigenvalue weighted by molar-refractivity contribution is -0.150. The van der Waals surface area contributed by atoms with E-state index in [2.05, 4.69) is 5.32 Å². The number of ether oxygens (including phenoxy) is 1. The first-order chi connectivity index (χ1) is 13.2. The Hall–Kier alpha value is -2.67. The van der Waals surface area contributed by atoms with Gasteiger partial charge in [0.15, 0.2) is 16.4 Å². The van der Waals surface area contributed by atoms with Gasteiger partial charge in [-0.2, -0.15) is 0 Å². The summed E-state index contributed by atoms with van der Waals surface area (Å²) < 4.78 is 28.9. The molecule has 0 spiro atoms. The minimum absolute atomic E-state index is 0.0106. The van der Waals surface area contributed by atoms with Crippen LogP contribution in [-0.4, -0.2) is 33.2 Å². The van der Waals surface area contributed by atoms with Crippen LogP contribution in [0.1, 0.15) is 31.7 Å². The van der Waals surface area contributed by atoms with Crippen molar-refractivity contribution < 1.29 is 22.7 Å². The predicted octanol–water partition coefficient (Wildman–Crippen LogP) is 3.40. The SMILES string of the molecule is CC[C@H](C)[C@@H](C(=O)OCC(=O)Nc1ccccc1S(C)(=O)=O)c1ccccc1. The van der Waals surface area contributed by atoms with E-state index >= 15 is 0 Å². The molecule has 0 saturated heterocycles. The monoisotopic (exact) mass is 403 g/mol. The Morgan fingerprint density at radius 3 is 2.25 bits per heavy atom. The number of esters is 1. The Morgan fingerprint density at radius 1 is 1.04 bits per heavy atom. The number of para-hydroxylation sites is 1. The van der Waals surface area contributed by atoms with Crippen LogP contribution in [0, 0.1) is 5.92 Å². The molecule has 0 aliphatic heterocycles. The molecule has 150 valence electrons. The summed E-state index contributed by atoms with van der Waals surface area (Å²) in [6.45, 7) is 3.46. The molecule has 1 N–H and O–H groups in total. The van der Waals surface area contributed by atoms with Crippen molar-refractivity contribution in [2.24, 2.45) is 5.92 Å². The third-order valence-electron chi connectivity index (χ3n) is 4.53. The van der Waals surface area contributed by atoms with E-state index in [4.69, 9.17) is 4.74 Å². The van der Waals surface area contributed by atoms with Crippen LogP contribution in [-0.2, 0) is 24.2 Å². The van der Waals surface area contributed by atoms with Gasteiger partial charge in [0, 0.05) is 6.26 Å². The molecule has 7 heteroatoms. The zero-order chi connectivity index (χ0) is 20.7. The molecule has 0 heterocycles. The lowest BCUT2D eigenvalue weighted by Gasteiger charge is -2.21. The van der Waals surface area contributed by atoms with Gasteiger partial charge >= 0.3 is 5.97 Å². The van der Waals surface area contributed by atoms with Gasteiger partial charge in [0.05, 0.1) is 16.5 Å². The van der Waals surface area contributed by atoms with E-state index in [0.29, 0.717) is 0 Å². The topological polar surface area (TPSA) is 89.5 Å². The zero-order valence-corrected chi connectivity index (χ0v) is 17.0. The fraction of sp³-hybridized carbons (Fsp3) is 0.333. The molecular weight excluding hydrogens is 378 g/mol. The Balaban J connectivity index is 2.07. The van der Waals surface area contributed by atoms with Crippen LogP contribution < -0.4 is 5.32 Å². The minimum Gasteiger partial charge on any atom is -0.455 e. The number of benzene rings is 2. The molecule has 6 nitrogen and oxygen atoms in total. The molecule has 0 unspecified atom stereocenters. The number of rotatable bonds is 8. The maximum Gasteiger partial charge on any atom is 0.314 e. The van der Waals surface area contributed by atoms with Crippen molar-refractivity contribution in [1.29, 1.82) is 0 Å². The number of hydrogen-bond acceptors (Lipinski definition) is 5. The maximum absolute atomic E-state index is 12.6. The highest BCUT2D eigenvalue weighted by atomic mass is 32.2. The molecule has 2 rings (SSSR count). The second kappa shape index (κ2) is 9.50. The summed E-state index contributed by atoms with van der Waals surface area (Å²) in [6.07, 6.45) is 1.84. The molecule has 2 aromatic carbocycles. The highest BCUT2D eigenvalue weighted by Crippen LogP contribution is 2.28. The molecule has 28 heavy (non-hydrogen) atoms. The second-order valence-corrected chi connectivity index (χ2v) is 8.68. The summed E-state index contributed by atoms with van der Waals surface area (Å²) in [7, 11) is -3.50. The fourth-order valence-corrected chi connectivity index (χ4v) is 3.74. The van der Waals surface area contributed by atoms with Crippen molar-refractivity contribution in [3.05, 3.63) is 60.2 Å². The van der Waals surface area contributed by atoms with Crippen LogP contribution in [0.3, 0.4) is 0 Å². The van der Waals surface area contributed by atoms with Crippen molar-refractivity contribution in [2.75, 3.05) is 18.2 Å². The fourth-order valence-electron chi connectivity index (χ4n) is 2.90. The van der Waals surface area contributed by atoms with Gasteiger partial charge < -0.3 is 10.1 Å². The quantitative estimate of drug-likeness (QED) is 0.682. The first kappa shape index (κ1) is 21.6. The van der Waals surface area contributed by atoms with Crippen LogP contribution in [0.15, 0.2) is 59.5 Å². The lowest BCUT2D eigenvalue weighted by Crippen LogP contribution is -2.27. The molecule has 1 amide bonds. The zero-order valence-electron chi connectivity index (χ0n) is 16.2. The van der Waals surface area contributed by atoms with Crippen LogP contribution in [0.5, 0.6) is 0 Å². The summed E-state index contributed by atoms with van der Waals surface area (Å²) in [5, 5.41) is 2.50. The Kier molecular flexibility index (Phi) is 7.34. The molecule has 0 saturated carbocycles. The molecule has 2 atom stereocenters. The van der Waals surface area contributed by atoms with Crippen molar-refractivity contribution in [3.63, 3.8) is 0 Å². The number of amides is 1. The van der Waals surface area contributed by atoms with Crippen LogP contribution >= 0.6 is 0 Å². The van der Waals surface area contributed by atoms with E-state index < -0.39 is 34.2 Å². The minimum atomic E-state index is -3.50. The maximum atomic E-state index is 12.6. The van der Waals surface area contributed by atoms with Gasteiger partial charge in [-0.1, -0.05) is 62.7 Å². The Morgan fingerprint density at radius 2 is 1.64 bits per heavy atom. The van der Waals surface area contributed by atoms with Crippen LogP contribution in [0.25, 0.3) is 0 Å². The van der Waals surface area contributed by atoms with E-state index in [1.807, 2.05) is 44.2 Å². The molecule has 0 fully saturated rings. The van der Waals surface area contributed by atoms with Crippen LogP contribution in [0.4, 0.5) is 5.69 Å². The molecule has 2 aromatic rings.